The highest BCUT2D eigenvalue weighted by Crippen LogP contribution is 2.33. The predicted molar refractivity (Wildman–Crippen MR) is 86.1 cm³/mol. The zero-order valence-corrected chi connectivity index (χ0v) is 13.9. The first-order valence-corrected chi connectivity index (χ1v) is 8.56. The average Bonchev–Trinajstić information content (AvgIpc) is 3.16. The average molecular weight is 308 g/mol. The normalized spacial score (nSPS) is 26.5. The number of likely N-dealkylation sites (N-methyl/N-ethyl adjacent to an activating group) is 1. The molecule has 0 aromatic carbocycles. The van der Waals surface area contributed by atoms with Crippen molar-refractivity contribution < 1.29 is 4.79 Å². The molecule has 21 heavy (non-hydrogen) atoms. The number of amides is 1. The van der Waals surface area contributed by atoms with Gasteiger partial charge in [0.2, 0.25) is 0 Å². The Hall–Kier alpha value is -1.14. The third-order valence-corrected chi connectivity index (χ3v) is 5.84. The maximum atomic E-state index is 13.0. The molecule has 1 amide bonds. The van der Waals surface area contributed by atoms with E-state index in [4.69, 9.17) is 0 Å². The maximum absolute atomic E-state index is 13.0. The van der Waals surface area contributed by atoms with E-state index in [1.807, 2.05) is 14.0 Å². The Labute approximate surface area is 130 Å². The van der Waals surface area contributed by atoms with Gasteiger partial charge >= 0.3 is 0 Å². The van der Waals surface area contributed by atoms with Gasteiger partial charge in [-0.1, -0.05) is 0 Å². The summed E-state index contributed by atoms with van der Waals surface area (Å²) in [6.45, 7) is 3.97. The molecule has 0 bridgehead atoms. The molecule has 3 rings (SSSR count). The molecule has 0 saturated carbocycles. The van der Waals surface area contributed by atoms with Crippen molar-refractivity contribution in [2.45, 2.75) is 44.7 Å². The van der Waals surface area contributed by atoms with Gasteiger partial charge in [0.15, 0.2) is 0 Å². The summed E-state index contributed by atoms with van der Waals surface area (Å²) >= 11 is 1.38. The molecule has 2 fully saturated rings. The van der Waals surface area contributed by atoms with Gasteiger partial charge in [0, 0.05) is 25.7 Å². The van der Waals surface area contributed by atoms with E-state index >= 15 is 0 Å². The Kier molecular flexibility index (Phi) is 4.17. The van der Waals surface area contributed by atoms with E-state index in [9.17, 15) is 4.79 Å². The molecule has 2 unspecified atom stereocenters. The van der Waals surface area contributed by atoms with Crippen LogP contribution in [-0.4, -0.2) is 59.3 Å². The zero-order chi connectivity index (χ0) is 15.0. The first kappa shape index (κ1) is 14.8. The maximum Gasteiger partial charge on any atom is 0.259 e. The van der Waals surface area contributed by atoms with Crippen molar-refractivity contribution in [3.8, 4) is 0 Å². The summed E-state index contributed by atoms with van der Waals surface area (Å²) in [5.74, 6) is 0.161. The van der Waals surface area contributed by atoms with Gasteiger partial charge in [0.05, 0.1) is 11.3 Å². The molecule has 2 atom stereocenters. The number of hydrogen-bond acceptors (Lipinski definition) is 5. The van der Waals surface area contributed by atoms with Gasteiger partial charge in [0.25, 0.3) is 5.91 Å². The number of hydrogen-bond donors (Lipinski definition) is 1. The Morgan fingerprint density at radius 1 is 1.29 bits per heavy atom. The Morgan fingerprint density at radius 3 is 2.67 bits per heavy atom. The lowest BCUT2D eigenvalue weighted by Crippen LogP contribution is -2.47. The molecule has 5 nitrogen and oxygen atoms in total. The Morgan fingerprint density at radius 2 is 2.00 bits per heavy atom. The molecule has 2 aliphatic rings. The number of aromatic nitrogens is 1. The van der Waals surface area contributed by atoms with Crippen molar-refractivity contribution in [1.29, 1.82) is 0 Å². The second kappa shape index (κ2) is 5.93. The van der Waals surface area contributed by atoms with E-state index in [2.05, 4.69) is 26.5 Å². The number of carbonyl (C=O) groups is 1. The molecular formula is C15H24N4OS. The summed E-state index contributed by atoms with van der Waals surface area (Å²) in [6.07, 6.45) is 4.71. The molecule has 0 radical (unpaired) electrons. The zero-order valence-electron chi connectivity index (χ0n) is 13.1. The summed E-state index contributed by atoms with van der Waals surface area (Å²) in [6, 6.07) is 0.899. The first-order valence-electron chi connectivity index (χ1n) is 7.78. The Balaban J connectivity index is 1.84. The molecule has 0 aliphatic carbocycles. The fraction of sp³-hybridized carbons (Fsp3) is 0.733. The van der Waals surface area contributed by atoms with Crippen molar-refractivity contribution in [3.63, 3.8) is 0 Å². The van der Waals surface area contributed by atoms with E-state index in [1.54, 1.807) is 0 Å². The van der Waals surface area contributed by atoms with E-state index < -0.39 is 0 Å². The van der Waals surface area contributed by atoms with Crippen LogP contribution in [0.15, 0.2) is 0 Å². The van der Waals surface area contributed by atoms with Crippen LogP contribution in [0.5, 0.6) is 0 Å². The number of carbonyl (C=O) groups excluding carboxylic acids is 1. The fourth-order valence-corrected chi connectivity index (χ4v) is 4.54. The third kappa shape index (κ3) is 2.55. The van der Waals surface area contributed by atoms with Gasteiger partial charge in [0.1, 0.15) is 5.00 Å². The van der Waals surface area contributed by atoms with Crippen LogP contribution in [0.3, 0.4) is 0 Å². The fourth-order valence-electron chi connectivity index (χ4n) is 3.80. The number of nitrogens with zero attached hydrogens (tertiary/aromatic N) is 3. The minimum atomic E-state index is 0.161. The summed E-state index contributed by atoms with van der Waals surface area (Å²) in [4.78, 5) is 17.5. The van der Waals surface area contributed by atoms with Crippen LogP contribution in [0.4, 0.5) is 5.00 Å². The SMILES string of the molecule is CNc1snc(C)c1C(=O)N1CCCC1C1CCCN1C. The smallest absolute Gasteiger partial charge is 0.259 e. The van der Waals surface area contributed by atoms with Crippen molar-refractivity contribution in [2.75, 3.05) is 32.5 Å². The Bertz CT molecular complexity index is 530. The van der Waals surface area contributed by atoms with Gasteiger partial charge in [-0.25, -0.2) is 0 Å². The number of aryl methyl sites for hydroxylation is 1. The van der Waals surface area contributed by atoms with E-state index in [-0.39, 0.29) is 5.91 Å². The van der Waals surface area contributed by atoms with Crippen LogP contribution < -0.4 is 5.32 Å². The van der Waals surface area contributed by atoms with Crippen LogP contribution in [0.2, 0.25) is 0 Å². The number of anilines is 1. The van der Waals surface area contributed by atoms with E-state index in [0.29, 0.717) is 12.1 Å². The van der Waals surface area contributed by atoms with E-state index in [1.165, 1.54) is 24.4 Å². The standard InChI is InChI=1S/C15H24N4OS/c1-10-13(14(16-2)21-17-10)15(20)19-9-5-7-12(19)11-6-4-8-18(11)3/h11-12,16H,4-9H2,1-3H3. The predicted octanol–water partition coefficient (Wildman–Crippen LogP) is 2.19. The quantitative estimate of drug-likeness (QED) is 0.930. The minimum absolute atomic E-state index is 0.161. The highest BCUT2D eigenvalue weighted by atomic mass is 32.1. The molecule has 1 aromatic heterocycles. The summed E-state index contributed by atoms with van der Waals surface area (Å²) < 4.78 is 4.34. The summed E-state index contributed by atoms with van der Waals surface area (Å²) in [7, 11) is 4.05. The van der Waals surface area contributed by atoms with Gasteiger partial charge in [-0.3, -0.25) is 4.79 Å². The molecule has 1 aromatic rings. The molecule has 116 valence electrons. The van der Waals surface area contributed by atoms with Crippen LogP contribution in [0.25, 0.3) is 0 Å². The topological polar surface area (TPSA) is 48.5 Å². The second-order valence-corrected chi connectivity index (χ2v) is 6.89. The third-order valence-electron chi connectivity index (χ3n) is 4.88. The molecule has 0 spiro atoms. The molecule has 2 saturated heterocycles. The number of likely N-dealkylation sites (tertiary alicyclic amines) is 2. The molecule has 6 heteroatoms. The van der Waals surface area contributed by atoms with Crippen molar-refractivity contribution >= 4 is 22.4 Å². The molecule has 1 N–H and O–H groups in total. The number of nitrogens with one attached hydrogen (secondary N) is 1. The van der Waals surface area contributed by atoms with E-state index in [0.717, 1.165) is 42.2 Å². The van der Waals surface area contributed by atoms with Crippen LogP contribution in [0, 0.1) is 6.92 Å². The highest BCUT2D eigenvalue weighted by Gasteiger charge is 2.39. The summed E-state index contributed by atoms with van der Waals surface area (Å²) in [5.41, 5.74) is 1.62. The molecule has 3 heterocycles. The van der Waals surface area contributed by atoms with Crippen molar-refractivity contribution in [1.82, 2.24) is 14.2 Å². The highest BCUT2D eigenvalue weighted by molar-refractivity contribution is 7.10. The van der Waals surface area contributed by atoms with Crippen LogP contribution >= 0.6 is 11.5 Å². The van der Waals surface area contributed by atoms with Gasteiger partial charge in [-0.05, 0) is 57.7 Å². The minimum Gasteiger partial charge on any atom is -0.378 e. The monoisotopic (exact) mass is 308 g/mol. The summed E-state index contributed by atoms with van der Waals surface area (Å²) in [5, 5.41) is 4.00. The lowest BCUT2D eigenvalue weighted by molar-refractivity contribution is 0.0665. The van der Waals surface area contributed by atoms with Crippen molar-refractivity contribution in [3.05, 3.63) is 11.3 Å². The first-order chi connectivity index (χ1) is 10.1. The van der Waals surface area contributed by atoms with Gasteiger partial charge in [-0.15, -0.1) is 0 Å². The van der Waals surface area contributed by atoms with Gasteiger partial charge in [-0.2, -0.15) is 4.37 Å². The lowest BCUT2D eigenvalue weighted by Gasteiger charge is -2.33. The van der Waals surface area contributed by atoms with Crippen LogP contribution in [-0.2, 0) is 0 Å². The number of rotatable bonds is 3. The van der Waals surface area contributed by atoms with Gasteiger partial charge < -0.3 is 15.1 Å². The van der Waals surface area contributed by atoms with Crippen LogP contribution in [0.1, 0.15) is 41.7 Å². The molecule has 2 aliphatic heterocycles. The lowest BCUT2D eigenvalue weighted by atomic mass is 10.0. The largest absolute Gasteiger partial charge is 0.378 e. The second-order valence-electron chi connectivity index (χ2n) is 6.12. The van der Waals surface area contributed by atoms with Crippen molar-refractivity contribution in [2.24, 2.45) is 0 Å². The molecular weight excluding hydrogens is 284 g/mol.